The molecule has 0 aliphatic rings. The maximum Gasteiger partial charge on any atom is 0.511 e. The third kappa shape index (κ3) is 10.3. The van der Waals surface area contributed by atoms with Crippen molar-refractivity contribution in [3.05, 3.63) is 70.8 Å². The molecule has 1 unspecified atom stereocenters. The lowest BCUT2D eigenvalue weighted by Crippen LogP contribution is -2.24. The quantitative estimate of drug-likeness (QED) is 0.0500. The molecule has 18 heteroatoms. The van der Waals surface area contributed by atoms with Crippen LogP contribution in [0.2, 0.25) is 5.15 Å². The fraction of sp³-hybridized carbons (Fsp3) is 0.387. The van der Waals surface area contributed by atoms with Gasteiger partial charge in [-0.25, -0.2) is 19.4 Å². The highest BCUT2D eigenvalue weighted by Crippen LogP contribution is 2.30. The number of benzene rings is 2. The van der Waals surface area contributed by atoms with Gasteiger partial charge in [0, 0.05) is 31.9 Å². The van der Waals surface area contributed by atoms with Crippen molar-refractivity contribution in [2.24, 2.45) is 0 Å². The molecule has 0 saturated heterocycles. The van der Waals surface area contributed by atoms with Crippen molar-refractivity contribution in [3.8, 4) is 22.5 Å². The molecular formula is C31H36ClN7O10. The van der Waals surface area contributed by atoms with E-state index in [4.69, 9.17) is 41.0 Å². The van der Waals surface area contributed by atoms with E-state index in [-0.39, 0.29) is 49.5 Å². The molecule has 4 rings (SSSR count). The third-order valence-electron chi connectivity index (χ3n) is 6.82. The number of halogens is 1. The summed E-state index contributed by atoms with van der Waals surface area (Å²) < 4.78 is 21.8. The molecule has 2 aromatic carbocycles. The molecule has 0 aliphatic heterocycles. The molecule has 17 nitrogen and oxygen atoms in total. The number of aryl methyl sites for hydroxylation is 1. The first-order valence-electron chi connectivity index (χ1n) is 15.4. The molecule has 1 atom stereocenters. The number of tetrazole rings is 1. The van der Waals surface area contributed by atoms with Crippen LogP contribution < -0.4 is 0 Å². The smallest absolute Gasteiger partial charge is 0.447 e. The highest BCUT2D eigenvalue weighted by atomic mass is 35.5. The Morgan fingerprint density at radius 3 is 2.39 bits per heavy atom. The number of nitrogens with zero attached hydrogens (tertiary/aromatic N) is 7. The van der Waals surface area contributed by atoms with Gasteiger partial charge in [-0.15, -0.1) is 10.2 Å². The minimum absolute atomic E-state index is 0.0248. The number of esters is 1. The van der Waals surface area contributed by atoms with Crippen molar-refractivity contribution in [1.29, 1.82) is 0 Å². The minimum Gasteiger partial charge on any atom is -0.447 e. The van der Waals surface area contributed by atoms with Crippen LogP contribution in [-0.4, -0.2) is 89.9 Å². The average Bonchev–Trinajstić information content (AvgIpc) is 3.68. The lowest BCUT2D eigenvalue weighted by molar-refractivity contribution is -0.492. The molecule has 4 aromatic rings. The average molecular weight is 702 g/mol. The van der Waals surface area contributed by atoms with Gasteiger partial charge in [0.05, 0.1) is 25.2 Å². The number of carbonyl (C=O) groups excluding carboxylic acids is 3. The number of unbranched alkanes of at least 4 members (excludes halogenated alkanes) is 1. The van der Waals surface area contributed by atoms with E-state index in [1.54, 1.807) is 23.6 Å². The van der Waals surface area contributed by atoms with E-state index in [0.29, 0.717) is 17.8 Å². The Kier molecular flexibility index (Phi) is 13.5. The van der Waals surface area contributed by atoms with Crippen molar-refractivity contribution in [3.63, 3.8) is 0 Å². The summed E-state index contributed by atoms with van der Waals surface area (Å²) in [5.41, 5.74) is 3.07. The van der Waals surface area contributed by atoms with Gasteiger partial charge >= 0.3 is 18.2 Å². The van der Waals surface area contributed by atoms with Crippen LogP contribution in [0.1, 0.15) is 61.9 Å². The zero-order valence-electron chi connectivity index (χ0n) is 27.0. The van der Waals surface area contributed by atoms with Crippen molar-refractivity contribution < 1.29 is 48.6 Å². The van der Waals surface area contributed by atoms with E-state index >= 15 is 0 Å². The Morgan fingerprint density at radius 2 is 1.69 bits per heavy atom. The van der Waals surface area contributed by atoms with Crippen molar-refractivity contribution >= 4 is 29.8 Å². The molecule has 0 aliphatic carbocycles. The minimum atomic E-state index is -1.22. The number of ether oxygens (including phenoxy) is 4. The van der Waals surface area contributed by atoms with Gasteiger partial charge in [0.15, 0.2) is 10.8 Å². The molecule has 2 N–H and O–H groups in total. The summed E-state index contributed by atoms with van der Waals surface area (Å²) in [6.45, 7) is 5.24. The fourth-order valence-corrected chi connectivity index (χ4v) is 4.88. The number of hydrogen-bond donors (Lipinski definition) is 2. The monoisotopic (exact) mass is 701 g/mol. The second-order valence-electron chi connectivity index (χ2n) is 10.3. The van der Waals surface area contributed by atoms with Crippen molar-refractivity contribution in [1.82, 2.24) is 35.1 Å². The normalized spacial score (nSPS) is 11.7. The van der Waals surface area contributed by atoms with Crippen LogP contribution in [0.15, 0.2) is 48.5 Å². The molecule has 2 heterocycles. The molecule has 0 spiro atoms. The predicted octanol–water partition coefficient (Wildman–Crippen LogP) is 5.31. The largest absolute Gasteiger partial charge is 0.511 e. The lowest BCUT2D eigenvalue weighted by Gasteiger charge is -2.16. The Bertz CT molecular complexity index is 1710. The maximum atomic E-state index is 13.2. The molecule has 0 amide bonds. The first-order chi connectivity index (χ1) is 23.6. The molecule has 262 valence electrons. The second-order valence-corrected chi connectivity index (χ2v) is 10.7. The van der Waals surface area contributed by atoms with Gasteiger partial charge in [0.25, 0.3) is 0 Å². The highest BCUT2D eigenvalue weighted by Gasteiger charge is 2.26. The molecular weight excluding hydrogens is 666 g/mol. The van der Waals surface area contributed by atoms with Crippen molar-refractivity contribution in [2.45, 2.75) is 59.3 Å². The summed E-state index contributed by atoms with van der Waals surface area (Å²) in [5, 5.41) is 28.6. The summed E-state index contributed by atoms with van der Waals surface area (Å²) in [6, 6.07) is 14.9. The van der Waals surface area contributed by atoms with Gasteiger partial charge in [-0.05, 0) is 35.2 Å². The van der Waals surface area contributed by atoms with E-state index < -0.39 is 29.9 Å². The van der Waals surface area contributed by atoms with Gasteiger partial charge in [0.1, 0.15) is 5.82 Å². The van der Waals surface area contributed by atoms with Crippen LogP contribution >= 0.6 is 11.6 Å². The SMILES string of the molecule is CCCCc1nc(Cl)c(C(=O)OC(C)OC(=O)OCC)n1Cc1ccc(-c2ccccc2-c2nnn(C(=O)OCCCON(O)O)n2)cc1. The van der Waals surface area contributed by atoms with E-state index in [2.05, 4.69) is 25.2 Å². The third-order valence-corrected chi connectivity index (χ3v) is 7.08. The van der Waals surface area contributed by atoms with Crippen LogP contribution in [-0.2, 0) is 36.8 Å². The maximum absolute atomic E-state index is 13.2. The summed E-state index contributed by atoms with van der Waals surface area (Å²) in [7, 11) is 0. The van der Waals surface area contributed by atoms with Crippen molar-refractivity contribution in [2.75, 3.05) is 19.8 Å². The van der Waals surface area contributed by atoms with Crippen LogP contribution in [0.5, 0.6) is 0 Å². The van der Waals surface area contributed by atoms with Gasteiger partial charge in [-0.1, -0.05) is 78.3 Å². The topological polar surface area (TPSA) is 202 Å². The first kappa shape index (κ1) is 36.9. The fourth-order valence-electron chi connectivity index (χ4n) is 4.60. The van der Waals surface area contributed by atoms with Crippen LogP contribution in [0.25, 0.3) is 22.5 Å². The zero-order chi connectivity index (χ0) is 35.3. The number of carbonyl (C=O) groups is 3. The highest BCUT2D eigenvalue weighted by molar-refractivity contribution is 6.32. The summed E-state index contributed by atoms with van der Waals surface area (Å²) >= 11 is 6.44. The Labute approximate surface area is 285 Å². The number of imidazole rings is 1. The predicted molar refractivity (Wildman–Crippen MR) is 169 cm³/mol. The molecule has 49 heavy (non-hydrogen) atoms. The van der Waals surface area contributed by atoms with Gasteiger partial charge < -0.3 is 23.5 Å². The Balaban J connectivity index is 1.51. The second kappa shape index (κ2) is 18.0. The standard InChI is InChI=1S/C31H36ClN7O10/c1-4-6-12-25-33-27(32)26(29(40)48-20(3)49-31(42)45-5-2)37(25)19-21-13-15-22(16-14-21)23-10-7-8-11-24(23)28-34-36-38(35-28)30(41)46-17-9-18-47-39(43)44/h7-8,10-11,13-16,20,43-44H,4-6,9,12,17-19H2,1-3H3. The van der Waals surface area contributed by atoms with Crippen LogP contribution in [0.3, 0.4) is 0 Å². The number of rotatable bonds is 16. The van der Waals surface area contributed by atoms with E-state index in [1.807, 2.05) is 43.3 Å². The molecule has 0 radical (unpaired) electrons. The summed E-state index contributed by atoms with van der Waals surface area (Å²) in [5.74, 6) is -0.00921. The lowest BCUT2D eigenvalue weighted by atomic mass is 9.98. The van der Waals surface area contributed by atoms with E-state index in [9.17, 15) is 14.4 Å². The Hall–Kier alpha value is -4.94. The van der Waals surface area contributed by atoms with Crippen LogP contribution in [0.4, 0.5) is 9.59 Å². The number of hydrogen-bond acceptors (Lipinski definition) is 15. The molecule has 0 bridgehead atoms. The number of aromatic nitrogens is 6. The van der Waals surface area contributed by atoms with Crippen LogP contribution in [0, 0.1) is 0 Å². The molecule has 2 aromatic heterocycles. The van der Waals surface area contributed by atoms with E-state index in [0.717, 1.165) is 34.3 Å². The summed E-state index contributed by atoms with van der Waals surface area (Å²) in [6.07, 6.45) is -0.572. The Morgan fingerprint density at radius 1 is 0.959 bits per heavy atom. The molecule has 0 saturated carbocycles. The summed E-state index contributed by atoms with van der Waals surface area (Å²) in [4.78, 5) is 46.8. The van der Waals surface area contributed by atoms with Gasteiger partial charge in [0.2, 0.25) is 12.1 Å². The zero-order valence-corrected chi connectivity index (χ0v) is 27.8. The van der Waals surface area contributed by atoms with E-state index in [1.165, 1.54) is 6.92 Å². The van der Waals surface area contributed by atoms with Gasteiger partial charge in [-0.2, -0.15) is 0 Å². The van der Waals surface area contributed by atoms with Gasteiger partial charge in [-0.3, -0.25) is 15.3 Å². The first-order valence-corrected chi connectivity index (χ1v) is 15.7. The molecule has 0 fully saturated rings.